The van der Waals surface area contributed by atoms with Crippen molar-refractivity contribution in [2.24, 2.45) is 0 Å². The highest BCUT2D eigenvalue weighted by Gasteiger charge is 2.33. The monoisotopic (exact) mass is 326 g/mol. The molecule has 124 valence electrons. The Bertz CT molecular complexity index is 620. The molecule has 0 radical (unpaired) electrons. The molecule has 2 atom stereocenters. The Balaban J connectivity index is 2.14. The molecule has 5 nitrogen and oxygen atoms in total. The molecule has 1 aliphatic rings. The Morgan fingerprint density at radius 2 is 1.82 bits per heavy atom. The summed E-state index contributed by atoms with van der Waals surface area (Å²) in [7, 11) is -1.83. The second-order valence-electron chi connectivity index (χ2n) is 6.27. The minimum Gasteiger partial charge on any atom is -0.373 e. The number of nitrogens with zero attached hydrogens (tertiary/aromatic N) is 2. The Labute approximate surface area is 134 Å². The van der Waals surface area contributed by atoms with Gasteiger partial charge in [0.1, 0.15) is 0 Å². The molecule has 0 bridgehead atoms. The zero-order valence-corrected chi connectivity index (χ0v) is 14.9. The van der Waals surface area contributed by atoms with E-state index in [1.165, 1.54) is 14.2 Å². The fourth-order valence-electron chi connectivity index (χ4n) is 2.86. The van der Waals surface area contributed by atoms with Crippen molar-refractivity contribution in [3.63, 3.8) is 0 Å². The molecule has 22 heavy (non-hydrogen) atoms. The molecule has 2 rings (SSSR count). The average Bonchev–Trinajstić information content (AvgIpc) is 2.40. The van der Waals surface area contributed by atoms with Crippen LogP contribution in [0, 0.1) is 13.8 Å². The van der Waals surface area contributed by atoms with E-state index < -0.39 is 10.2 Å². The maximum Gasteiger partial charge on any atom is 0.282 e. The lowest BCUT2D eigenvalue weighted by atomic mass is 10.1. The zero-order valence-electron chi connectivity index (χ0n) is 14.0. The molecule has 0 aromatic heterocycles. The number of hydrogen-bond donors (Lipinski definition) is 0. The Hall–Kier alpha value is -0.950. The number of ether oxygens (including phenoxy) is 1. The van der Waals surface area contributed by atoms with E-state index in [1.807, 2.05) is 39.8 Å². The lowest BCUT2D eigenvalue weighted by molar-refractivity contribution is -0.0453. The van der Waals surface area contributed by atoms with Crippen molar-refractivity contribution in [3.05, 3.63) is 34.9 Å². The highest BCUT2D eigenvalue weighted by molar-refractivity contribution is 7.86. The third-order valence-corrected chi connectivity index (χ3v) is 5.86. The topological polar surface area (TPSA) is 49.9 Å². The number of morpholine rings is 1. The second kappa shape index (κ2) is 6.66. The van der Waals surface area contributed by atoms with Crippen molar-refractivity contribution < 1.29 is 13.2 Å². The fraction of sp³-hybridized carbons (Fsp3) is 0.625. The van der Waals surface area contributed by atoms with Crippen molar-refractivity contribution in [2.75, 3.05) is 20.1 Å². The SMILES string of the molecule is Cc1ccc(CN(C)S(=O)(=O)N2C[C@@H](C)O[C@H](C)C2)c(C)c1. The van der Waals surface area contributed by atoms with Crippen LogP contribution in [-0.2, 0) is 21.5 Å². The van der Waals surface area contributed by atoms with Crippen LogP contribution in [0.4, 0.5) is 0 Å². The third-order valence-electron chi connectivity index (χ3n) is 4.00. The summed E-state index contributed by atoms with van der Waals surface area (Å²) in [5.41, 5.74) is 3.33. The van der Waals surface area contributed by atoms with Crippen LogP contribution in [0.1, 0.15) is 30.5 Å². The number of benzene rings is 1. The van der Waals surface area contributed by atoms with E-state index in [0.717, 1.165) is 11.1 Å². The molecule has 1 aliphatic heterocycles. The molecule has 0 aliphatic carbocycles. The van der Waals surface area contributed by atoms with Crippen LogP contribution in [0.2, 0.25) is 0 Å². The van der Waals surface area contributed by atoms with E-state index in [1.54, 1.807) is 7.05 Å². The van der Waals surface area contributed by atoms with E-state index in [4.69, 9.17) is 4.74 Å². The van der Waals surface area contributed by atoms with Crippen LogP contribution < -0.4 is 0 Å². The van der Waals surface area contributed by atoms with Gasteiger partial charge in [0.25, 0.3) is 10.2 Å². The minimum atomic E-state index is -3.47. The molecule has 1 saturated heterocycles. The molecular formula is C16H26N2O3S. The summed E-state index contributed by atoms with van der Waals surface area (Å²) >= 11 is 0. The van der Waals surface area contributed by atoms with E-state index in [0.29, 0.717) is 19.6 Å². The van der Waals surface area contributed by atoms with E-state index >= 15 is 0 Å². The molecule has 1 aromatic carbocycles. The predicted octanol–water partition coefficient (Wildman–Crippen LogP) is 2.09. The third kappa shape index (κ3) is 3.87. The molecular weight excluding hydrogens is 300 g/mol. The van der Waals surface area contributed by atoms with Crippen LogP contribution in [0.3, 0.4) is 0 Å². The van der Waals surface area contributed by atoms with Gasteiger partial charge in [-0.2, -0.15) is 17.0 Å². The van der Waals surface area contributed by atoms with Crippen molar-refractivity contribution in [2.45, 2.75) is 46.4 Å². The maximum atomic E-state index is 12.8. The molecule has 0 N–H and O–H groups in total. The first-order valence-corrected chi connectivity index (χ1v) is 9.03. The van der Waals surface area contributed by atoms with Gasteiger partial charge in [0.05, 0.1) is 12.2 Å². The summed E-state index contributed by atoms with van der Waals surface area (Å²) in [4.78, 5) is 0. The van der Waals surface area contributed by atoms with Crippen molar-refractivity contribution in [1.82, 2.24) is 8.61 Å². The van der Waals surface area contributed by atoms with Gasteiger partial charge in [0, 0.05) is 26.7 Å². The van der Waals surface area contributed by atoms with Gasteiger partial charge in [0.2, 0.25) is 0 Å². The summed E-state index contributed by atoms with van der Waals surface area (Å²) in [5, 5.41) is 0. The van der Waals surface area contributed by atoms with Gasteiger partial charge in [0.15, 0.2) is 0 Å². The highest BCUT2D eigenvalue weighted by Crippen LogP contribution is 2.19. The number of aryl methyl sites for hydroxylation is 2. The van der Waals surface area contributed by atoms with Crippen molar-refractivity contribution in [1.29, 1.82) is 0 Å². The van der Waals surface area contributed by atoms with E-state index in [2.05, 4.69) is 6.07 Å². The van der Waals surface area contributed by atoms with E-state index in [-0.39, 0.29) is 12.2 Å². The highest BCUT2D eigenvalue weighted by atomic mass is 32.2. The summed E-state index contributed by atoms with van der Waals surface area (Å²) in [5.74, 6) is 0. The first-order valence-electron chi connectivity index (χ1n) is 7.63. The van der Waals surface area contributed by atoms with Gasteiger partial charge in [-0.15, -0.1) is 0 Å². The lowest BCUT2D eigenvalue weighted by Gasteiger charge is -2.36. The van der Waals surface area contributed by atoms with Crippen LogP contribution in [0.15, 0.2) is 18.2 Å². The molecule has 0 amide bonds. The van der Waals surface area contributed by atoms with Crippen LogP contribution >= 0.6 is 0 Å². The smallest absolute Gasteiger partial charge is 0.282 e. The van der Waals surface area contributed by atoms with Gasteiger partial charge in [-0.3, -0.25) is 0 Å². The average molecular weight is 326 g/mol. The fourth-order valence-corrected chi connectivity index (χ4v) is 4.35. The number of rotatable bonds is 4. The molecule has 1 fully saturated rings. The molecule has 1 heterocycles. The standard InChI is InChI=1S/C16H26N2O3S/c1-12-6-7-16(13(2)8-12)11-17(5)22(19,20)18-9-14(3)21-15(4)10-18/h6-8,14-15H,9-11H2,1-5H3/t14-,15-/m1/s1. The van der Waals surface area contributed by atoms with Crippen LogP contribution in [0.5, 0.6) is 0 Å². The van der Waals surface area contributed by atoms with Crippen LogP contribution in [-0.4, -0.2) is 49.4 Å². The van der Waals surface area contributed by atoms with Gasteiger partial charge in [-0.05, 0) is 38.8 Å². The largest absolute Gasteiger partial charge is 0.373 e. The summed E-state index contributed by atoms with van der Waals surface area (Å²) in [6.07, 6.45) is -0.152. The summed E-state index contributed by atoms with van der Waals surface area (Å²) in [6, 6.07) is 6.09. The van der Waals surface area contributed by atoms with Gasteiger partial charge in [-0.25, -0.2) is 0 Å². The van der Waals surface area contributed by atoms with Gasteiger partial charge in [-0.1, -0.05) is 23.8 Å². The Morgan fingerprint density at radius 1 is 1.23 bits per heavy atom. The first kappa shape index (κ1) is 17.4. The molecule has 1 aromatic rings. The Morgan fingerprint density at radius 3 is 2.36 bits per heavy atom. The normalized spacial score (nSPS) is 23.9. The van der Waals surface area contributed by atoms with Crippen molar-refractivity contribution >= 4 is 10.2 Å². The Kier molecular flexibility index (Phi) is 5.27. The van der Waals surface area contributed by atoms with E-state index in [9.17, 15) is 8.42 Å². The summed E-state index contributed by atoms with van der Waals surface area (Å²) < 4.78 is 34.1. The van der Waals surface area contributed by atoms with Gasteiger partial charge >= 0.3 is 0 Å². The first-order chi connectivity index (χ1) is 10.2. The number of hydrogen-bond acceptors (Lipinski definition) is 3. The zero-order chi connectivity index (χ0) is 16.5. The quantitative estimate of drug-likeness (QED) is 0.851. The molecule has 0 spiro atoms. The molecule has 0 unspecified atom stereocenters. The minimum absolute atomic E-state index is 0.0759. The summed E-state index contributed by atoms with van der Waals surface area (Å²) in [6.45, 7) is 9.06. The maximum absolute atomic E-state index is 12.8. The molecule has 0 saturated carbocycles. The van der Waals surface area contributed by atoms with Gasteiger partial charge < -0.3 is 4.74 Å². The van der Waals surface area contributed by atoms with Crippen LogP contribution in [0.25, 0.3) is 0 Å². The predicted molar refractivity (Wildman–Crippen MR) is 87.9 cm³/mol. The lowest BCUT2D eigenvalue weighted by Crippen LogP contribution is -2.52. The van der Waals surface area contributed by atoms with Crippen molar-refractivity contribution in [3.8, 4) is 0 Å². The second-order valence-corrected chi connectivity index (χ2v) is 8.30. The molecule has 6 heteroatoms.